The molecule has 1 aromatic rings. The average molecular weight is 515 g/mol. The summed E-state index contributed by atoms with van der Waals surface area (Å²) in [6.07, 6.45) is 1.03. The number of guanidine groups is 1. The van der Waals surface area contributed by atoms with E-state index in [2.05, 4.69) is 10.6 Å². The Morgan fingerprint density at radius 1 is 1.11 bits per heavy atom. The van der Waals surface area contributed by atoms with E-state index in [1.54, 1.807) is 6.19 Å². The van der Waals surface area contributed by atoms with E-state index >= 15 is 0 Å². The van der Waals surface area contributed by atoms with E-state index in [1.165, 1.54) is 9.80 Å². The molecular formula is C22H19F2N7O6. The fourth-order valence-corrected chi connectivity index (χ4v) is 4.47. The molecule has 3 aliphatic heterocycles. The lowest BCUT2D eigenvalue weighted by molar-refractivity contribution is -0.138. The van der Waals surface area contributed by atoms with E-state index in [-0.39, 0.29) is 43.6 Å². The Morgan fingerprint density at radius 3 is 2.35 bits per heavy atom. The van der Waals surface area contributed by atoms with Crippen LogP contribution in [0.25, 0.3) is 0 Å². The zero-order valence-electron chi connectivity index (χ0n) is 18.9. The van der Waals surface area contributed by atoms with Gasteiger partial charge in [0.2, 0.25) is 5.96 Å². The third-order valence-corrected chi connectivity index (χ3v) is 6.20. The van der Waals surface area contributed by atoms with Crippen LogP contribution in [0.2, 0.25) is 0 Å². The molecule has 13 nitrogen and oxygen atoms in total. The molecule has 4 rings (SSSR count). The number of nitrogens with zero attached hydrogens (tertiary/aromatic N) is 4. The van der Waals surface area contributed by atoms with Gasteiger partial charge in [-0.1, -0.05) is 0 Å². The van der Waals surface area contributed by atoms with Crippen LogP contribution in [0.3, 0.4) is 0 Å². The van der Waals surface area contributed by atoms with Crippen LogP contribution in [-0.4, -0.2) is 81.8 Å². The number of hydrogen-bond acceptors (Lipinski definition) is 9. The fourth-order valence-electron chi connectivity index (χ4n) is 4.47. The number of carboxylic acid groups (broad SMARTS) is 2. The summed E-state index contributed by atoms with van der Waals surface area (Å²) in [5.41, 5.74) is -1.99. The van der Waals surface area contributed by atoms with Crippen molar-refractivity contribution < 1.29 is 38.2 Å². The number of Topliss-reactive ketones (excluding diaryl/α,β-unsaturated/α-hetero) is 2. The highest BCUT2D eigenvalue weighted by molar-refractivity contribution is 6.31. The van der Waals surface area contributed by atoms with Crippen molar-refractivity contribution in [2.45, 2.75) is 6.17 Å². The molecule has 0 bridgehead atoms. The van der Waals surface area contributed by atoms with E-state index in [9.17, 15) is 38.2 Å². The molecule has 0 spiro atoms. The second-order valence-electron chi connectivity index (χ2n) is 8.23. The highest BCUT2D eigenvalue weighted by Gasteiger charge is 2.52. The highest BCUT2D eigenvalue weighted by atomic mass is 19.1. The smallest absolute Gasteiger partial charge is 0.343 e. The summed E-state index contributed by atoms with van der Waals surface area (Å²) in [7, 11) is 0. The second kappa shape index (κ2) is 9.57. The van der Waals surface area contributed by atoms with Crippen molar-refractivity contribution in [3.8, 4) is 6.19 Å². The molecule has 1 aromatic carbocycles. The van der Waals surface area contributed by atoms with Gasteiger partial charge >= 0.3 is 11.9 Å². The number of ketones is 2. The van der Waals surface area contributed by atoms with Gasteiger partial charge in [0.05, 0.1) is 5.69 Å². The standard InChI is InChI=1S/C22H19F2N7O6/c23-10-1-2-13(12(24)7-10)31-8-11(20(34)35)16(32)14-17(33)15(21(36)37)18(28-19(14)31)29-3-5-30(6-4-29)22(26)27-9-25/h1-2,7-8,14,19,28H,3-6H2,(H2,26,27)(H,34,35)(H,36,37). The van der Waals surface area contributed by atoms with Crippen molar-refractivity contribution in [1.82, 2.24) is 20.4 Å². The fraction of sp³-hybridized carbons (Fsp3) is 0.273. The number of aliphatic carboxylic acids is 2. The predicted octanol–water partition coefficient (Wildman–Crippen LogP) is -0.644. The number of carbonyl (C=O) groups is 4. The molecule has 0 saturated carbocycles. The summed E-state index contributed by atoms with van der Waals surface area (Å²) in [4.78, 5) is 54.2. The van der Waals surface area contributed by atoms with Crippen LogP contribution >= 0.6 is 0 Å². The first-order valence-electron chi connectivity index (χ1n) is 10.8. The van der Waals surface area contributed by atoms with Crippen molar-refractivity contribution in [3.63, 3.8) is 0 Å². The topological polar surface area (TPSA) is 190 Å². The predicted molar refractivity (Wildman–Crippen MR) is 119 cm³/mol. The number of carboxylic acids is 2. The molecule has 192 valence electrons. The zero-order chi connectivity index (χ0) is 27.0. The lowest BCUT2D eigenvalue weighted by Gasteiger charge is -2.46. The molecule has 37 heavy (non-hydrogen) atoms. The number of carbonyl (C=O) groups excluding carboxylic acids is 2. The van der Waals surface area contributed by atoms with E-state index in [0.717, 1.165) is 23.2 Å². The third-order valence-electron chi connectivity index (χ3n) is 6.20. The summed E-state index contributed by atoms with van der Waals surface area (Å²) in [5, 5.41) is 40.9. The summed E-state index contributed by atoms with van der Waals surface area (Å²) in [6.45, 7) is 0.557. The Balaban J connectivity index is 1.76. The lowest BCUT2D eigenvalue weighted by Crippen LogP contribution is -2.63. The Kier molecular flexibility index (Phi) is 6.49. The molecule has 3 aliphatic rings. The molecular weight excluding hydrogens is 496 g/mol. The number of benzene rings is 1. The Bertz CT molecular complexity index is 1330. The van der Waals surface area contributed by atoms with Crippen molar-refractivity contribution in [3.05, 3.63) is 53.0 Å². The molecule has 2 atom stereocenters. The molecule has 0 aliphatic carbocycles. The van der Waals surface area contributed by atoms with Gasteiger partial charge in [0.1, 0.15) is 40.7 Å². The number of nitrogens with one attached hydrogen (secondary N) is 3. The van der Waals surface area contributed by atoms with E-state index in [4.69, 9.17) is 10.7 Å². The first-order chi connectivity index (χ1) is 17.5. The summed E-state index contributed by atoms with van der Waals surface area (Å²) in [6, 6.07) is 2.45. The monoisotopic (exact) mass is 515 g/mol. The van der Waals surface area contributed by atoms with Crippen LogP contribution in [-0.2, 0) is 19.2 Å². The average Bonchev–Trinajstić information content (AvgIpc) is 2.84. The van der Waals surface area contributed by atoms with Gasteiger partial charge in [-0.15, -0.1) is 0 Å². The third kappa shape index (κ3) is 4.40. The minimum atomic E-state index is -1.84. The zero-order valence-corrected chi connectivity index (χ0v) is 18.9. The molecule has 1 fully saturated rings. The van der Waals surface area contributed by atoms with Crippen molar-refractivity contribution in [2.24, 2.45) is 5.92 Å². The minimum absolute atomic E-state index is 0.105. The van der Waals surface area contributed by atoms with E-state index < -0.39 is 58.4 Å². The van der Waals surface area contributed by atoms with Crippen molar-refractivity contribution >= 4 is 35.2 Å². The SMILES string of the molecule is N#CNC(=N)N1CCN(C2=C(C(=O)O)C(=O)C3C(=O)C(C(=O)O)=CN(c4ccc(F)cc4F)C3N2)CC1. The summed E-state index contributed by atoms with van der Waals surface area (Å²) < 4.78 is 28.3. The first kappa shape index (κ1) is 25.1. The minimum Gasteiger partial charge on any atom is -0.478 e. The maximum atomic E-state index is 14.7. The van der Waals surface area contributed by atoms with Gasteiger partial charge in [0.15, 0.2) is 17.8 Å². The van der Waals surface area contributed by atoms with Gasteiger partial charge in [0, 0.05) is 38.4 Å². The Hall–Kier alpha value is -5.00. The number of rotatable bonds is 4. The molecule has 0 amide bonds. The Morgan fingerprint density at radius 2 is 1.78 bits per heavy atom. The Labute approximate surface area is 207 Å². The molecule has 1 saturated heterocycles. The molecule has 0 aromatic heterocycles. The molecule has 2 unspecified atom stereocenters. The van der Waals surface area contributed by atoms with Gasteiger partial charge in [-0.3, -0.25) is 20.3 Å². The second-order valence-corrected chi connectivity index (χ2v) is 8.23. The van der Waals surface area contributed by atoms with Crippen molar-refractivity contribution in [2.75, 3.05) is 31.1 Å². The quantitative estimate of drug-likeness (QED) is 0.0852. The van der Waals surface area contributed by atoms with Gasteiger partial charge in [-0.05, 0) is 12.1 Å². The summed E-state index contributed by atoms with van der Waals surface area (Å²) in [5.74, 6) is -9.89. The first-order valence-corrected chi connectivity index (χ1v) is 10.8. The van der Waals surface area contributed by atoms with Crippen LogP contribution in [0.5, 0.6) is 0 Å². The summed E-state index contributed by atoms with van der Waals surface area (Å²) >= 11 is 0. The van der Waals surface area contributed by atoms with Gasteiger partial charge in [0.25, 0.3) is 0 Å². The number of fused-ring (bicyclic) bond motifs is 1. The van der Waals surface area contributed by atoms with Crippen LogP contribution in [0.15, 0.2) is 41.4 Å². The maximum Gasteiger partial charge on any atom is 0.343 e. The lowest BCUT2D eigenvalue weighted by atomic mass is 9.81. The highest BCUT2D eigenvalue weighted by Crippen LogP contribution is 2.36. The van der Waals surface area contributed by atoms with E-state index in [0.29, 0.717) is 6.07 Å². The number of hydrogen-bond donors (Lipinski definition) is 5. The van der Waals surface area contributed by atoms with E-state index in [1.807, 2.05) is 0 Å². The number of anilines is 1. The number of nitriles is 1. The largest absolute Gasteiger partial charge is 0.478 e. The molecule has 15 heteroatoms. The van der Waals surface area contributed by atoms with Crippen molar-refractivity contribution in [1.29, 1.82) is 10.7 Å². The normalized spacial score (nSPS) is 21.5. The van der Waals surface area contributed by atoms with Crippen LogP contribution in [0, 0.1) is 34.4 Å². The number of piperazine rings is 1. The van der Waals surface area contributed by atoms with Gasteiger partial charge in [-0.2, -0.15) is 5.26 Å². The molecule has 0 radical (unpaired) electrons. The van der Waals surface area contributed by atoms with Crippen LogP contribution in [0.1, 0.15) is 0 Å². The maximum absolute atomic E-state index is 14.7. The van der Waals surface area contributed by atoms with Crippen LogP contribution in [0.4, 0.5) is 14.5 Å². The molecule has 5 N–H and O–H groups in total. The number of halogens is 2. The molecule has 3 heterocycles. The van der Waals surface area contributed by atoms with Crippen LogP contribution < -0.4 is 15.5 Å². The van der Waals surface area contributed by atoms with Gasteiger partial charge in [-0.25, -0.2) is 18.4 Å². The van der Waals surface area contributed by atoms with Gasteiger partial charge < -0.3 is 30.2 Å².